The molecule has 0 saturated heterocycles. The van der Waals surface area contributed by atoms with Gasteiger partial charge in [-0.2, -0.15) is 0 Å². The molecule has 0 spiro atoms. The molecule has 0 saturated carbocycles. The van der Waals surface area contributed by atoms with Gasteiger partial charge in [0.15, 0.2) is 5.82 Å². The first kappa shape index (κ1) is 17.5. The van der Waals surface area contributed by atoms with E-state index >= 15 is 0 Å². The predicted octanol–water partition coefficient (Wildman–Crippen LogP) is 0.767. The maximum Gasteiger partial charge on any atom is 0.257 e. The van der Waals surface area contributed by atoms with Gasteiger partial charge < -0.3 is 10.1 Å². The minimum atomic E-state index is -4.40. The van der Waals surface area contributed by atoms with E-state index in [1.807, 2.05) is 0 Å². The monoisotopic (exact) mass is 322 g/mol. The Balaban J connectivity index is 3.16. The SMILES string of the molecule is COC(C)(C)CNC(=O)c1c(F)ccc(S(N)(=O)=O)c1F. The molecule has 0 bridgehead atoms. The van der Waals surface area contributed by atoms with Gasteiger partial charge >= 0.3 is 0 Å². The Kier molecular flexibility index (Phi) is 5.03. The number of halogens is 2. The molecule has 6 nitrogen and oxygen atoms in total. The van der Waals surface area contributed by atoms with E-state index in [2.05, 4.69) is 5.32 Å². The molecule has 0 atom stereocenters. The van der Waals surface area contributed by atoms with Crippen LogP contribution in [0.25, 0.3) is 0 Å². The third-order valence-corrected chi connectivity index (χ3v) is 3.74. The lowest BCUT2D eigenvalue weighted by molar-refractivity contribution is 0.0227. The zero-order valence-corrected chi connectivity index (χ0v) is 12.6. The van der Waals surface area contributed by atoms with Crippen molar-refractivity contribution in [1.29, 1.82) is 0 Å². The van der Waals surface area contributed by atoms with E-state index in [0.29, 0.717) is 12.1 Å². The standard InChI is InChI=1S/C12H16F2N2O4S/c1-12(2,20-3)6-16-11(17)9-7(13)4-5-8(10(9)14)21(15,18)19/h4-5H,6H2,1-3H3,(H,16,17)(H2,15,18,19). The highest BCUT2D eigenvalue weighted by atomic mass is 32.2. The molecule has 3 N–H and O–H groups in total. The fraction of sp³-hybridized carbons (Fsp3) is 0.417. The first-order valence-electron chi connectivity index (χ1n) is 5.84. The summed E-state index contributed by atoms with van der Waals surface area (Å²) >= 11 is 0. The Hall–Kier alpha value is -1.58. The molecule has 0 aliphatic rings. The van der Waals surface area contributed by atoms with Crippen LogP contribution >= 0.6 is 0 Å². The van der Waals surface area contributed by atoms with Crippen LogP contribution in [0.15, 0.2) is 17.0 Å². The van der Waals surface area contributed by atoms with Crippen LogP contribution in [0.2, 0.25) is 0 Å². The summed E-state index contributed by atoms with van der Waals surface area (Å²) in [5.41, 5.74) is -1.76. The maximum atomic E-state index is 14.0. The Morgan fingerprint density at radius 2 is 1.95 bits per heavy atom. The lowest BCUT2D eigenvalue weighted by atomic mass is 10.1. The van der Waals surface area contributed by atoms with E-state index in [-0.39, 0.29) is 6.54 Å². The molecule has 118 valence electrons. The van der Waals surface area contributed by atoms with Crippen LogP contribution < -0.4 is 10.5 Å². The van der Waals surface area contributed by atoms with Crippen molar-refractivity contribution in [3.05, 3.63) is 29.3 Å². The average molecular weight is 322 g/mol. The van der Waals surface area contributed by atoms with Gasteiger partial charge in [0.1, 0.15) is 16.3 Å². The summed E-state index contributed by atoms with van der Waals surface area (Å²) in [5, 5.41) is 7.07. The van der Waals surface area contributed by atoms with Crippen molar-refractivity contribution in [2.24, 2.45) is 5.14 Å². The quantitative estimate of drug-likeness (QED) is 0.836. The summed E-state index contributed by atoms with van der Waals surface area (Å²) in [6.45, 7) is 3.28. The number of carbonyl (C=O) groups is 1. The molecule has 0 aliphatic carbocycles. The van der Waals surface area contributed by atoms with E-state index in [4.69, 9.17) is 9.88 Å². The van der Waals surface area contributed by atoms with Crippen LogP contribution in [0.5, 0.6) is 0 Å². The van der Waals surface area contributed by atoms with E-state index in [1.165, 1.54) is 7.11 Å². The zero-order chi connectivity index (χ0) is 16.4. The van der Waals surface area contributed by atoms with E-state index in [0.717, 1.165) is 0 Å². The molecule has 0 heterocycles. The van der Waals surface area contributed by atoms with Gasteiger partial charge in [0.2, 0.25) is 10.0 Å². The van der Waals surface area contributed by atoms with Crippen molar-refractivity contribution >= 4 is 15.9 Å². The highest BCUT2D eigenvalue weighted by Gasteiger charge is 2.26. The van der Waals surface area contributed by atoms with Crippen molar-refractivity contribution in [3.8, 4) is 0 Å². The molecular weight excluding hydrogens is 306 g/mol. The number of carbonyl (C=O) groups excluding carboxylic acids is 1. The number of nitrogens with one attached hydrogen (secondary N) is 1. The van der Waals surface area contributed by atoms with Gasteiger partial charge in [-0.15, -0.1) is 0 Å². The third kappa shape index (κ3) is 4.19. The van der Waals surface area contributed by atoms with Gasteiger partial charge in [-0.05, 0) is 26.0 Å². The minimum Gasteiger partial charge on any atom is -0.377 e. The number of rotatable bonds is 5. The molecule has 0 unspecified atom stereocenters. The third-order valence-electron chi connectivity index (χ3n) is 2.82. The highest BCUT2D eigenvalue weighted by molar-refractivity contribution is 7.89. The highest BCUT2D eigenvalue weighted by Crippen LogP contribution is 2.20. The normalized spacial score (nSPS) is 12.3. The van der Waals surface area contributed by atoms with Crippen LogP contribution in [0.3, 0.4) is 0 Å². The second-order valence-corrected chi connectivity index (χ2v) is 6.46. The average Bonchev–Trinajstić information content (AvgIpc) is 2.35. The van der Waals surface area contributed by atoms with Crippen molar-refractivity contribution in [1.82, 2.24) is 5.32 Å². The second-order valence-electron chi connectivity index (χ2n) is 4.93. The molecule has 1 rings (SSSR count). The lowest BCUT2D eigenvalue weighted by Crippen LogP contribution is -2.40. The van der Waals surface area contributed by atoms with Crippen LogP contribution in [0.4, 0.5) is 8.78 Å². The number of ether oxygens (including phenoxy) is 1. The fourth-order valence-corrected chi connectivity index (χ4v) is 2.02. The first-order chi connectivity index (χ1) is 9.49. The van der Waals surface area contributed by atoms with Crippen molar-refractivity contribution in [2.45, 2.75) is 24.3 Å². The lowest BCUT2D eigenvalue weighted by Gasteiger charge is -2.23. The van der Waals surface area contributed by atoms with E-state index in [9.17, 15) is 22.0 Å². The van der Waals surface area contributed by atoms with Crippen LogP contribution in [-0.4, -0.2) is 33.6 Å². The van der Waals surface area contributed by atoms with Crippen molar-refractivity contribution in [3.63, 3.8) is 0 Å². The largest absolute Gasteiger partial charge is 0.377 e. The molecule has 21 heavy (non-hydrogen) atoms. The molecule has 1 aromatic rings. The summed E-state index contributed by atoms with van der Waals surface area (Å²) in [6, 6.07) is 1.33. The van der Waals surface area contributed by atoms with Gasteiger partial charge in [-0.3, -0.25) is 4.79 Å². The van der Waals surface area contributed by atoms with Gasteiger partial charge in [-0.1, -0.05) is 0 Å². The van der Waals surface area contributed by atoms with Gasteiger partial charge in [-0.25, -0.2) is 22.3 Å². The zero-order valence-electron chi connectivity index (χ0n) is 11.7. The molecule has 0 fully saturated rings. The van der Waals surface area contributed by atoms with Crippen molar-refractivity contribution < 1.29 is 26.7 Å². The summed E-state index contributed by atoms with van der Waals surface area (Å²) in [4.78, 5) is 10.9. The minimum absolute atomic E-state index is 0.0270. The van der Waals surface area contributed by atoms with Crippen LogP contribution in [0.1, 0.15) is 24.2 Å². The van der Waals surface area contributed by atoms with Crippen LogP contribution in [0, 0.1) is 11.6 Å². The topological polar surface area (TPSA) is 98.5 Å². The molecule has 1 aromatic carbocycles. The smallest absolute Gasteiger partial charge is 0.257 e. The Morgan fingerprint density at radius 1 is 1.38 bits per heavy atom. The Morgan fingerprint density at radius 3 is 2.43 bits per heavy atom. The summed E-state index contributed by atoms with van der Waals surface area (Å²) < 4.78 is 55.0. The number of hydrogen-bond acceptors (Lipinski definition) is 4. The first-order valence-corrected chi connectivity index (χ1v) is 7.38. The number of amides is 1. The maximum absolute atomic E-state index is 14.0. The van der Waals surface area contributed by atoms with E-state index < -0.39 is 43.6 Å². The Bertz CT molecular complexity index is 659. The number of methoxy groups -OCH3 is 1. The number of sulfonamides is 1. The fourth-order valence-electron chi connectivity index (χ4n) is 1.41. The second kappa shape index (κ2) is 6.04. The Labute approximate surface area is 121 Å². The summed E-state index contributed by atoms with van der Waals surface area (Å²) in [7, 11) is -2.99. The van der Waals surface area contributed by atoms with Gasteiger partial charge in [0.05, 0.1) is 5.60 Å². The van der Waals surface area contributed by atoms with Gasteiger partial charge in [0, 0.05) is 13.7 Å². The molecule has 0 aromatic heterocycles. The number of nitrogens with two attached hydrogens (primary N) is 1. The predicted molar refractivity (Wildman–Crippen MR) is 71.2 cm³/mol. The van der Waals surface area contributed by atoms with Crippen molar-refractivity contribution in [2.75, 3.05) is 13.7 Å². The number of benzene rings is 1. The van der Waals surface area contributed by atoms with Crippen LogP contribution in [-0.2, 0) is 14.8 Å². The summed E-state index contributed by atoms with van der Waals surface area (Å²) in [6.07, 6.45) is 0. The molecular formula is C12H16F2N2O4S. The summed E-state index contributed by atoms with van der Waals surface area (Å²) in [5.74, 6) is -3.81. The number of primary sulfonamides is 1. The van der Waals surface area contributed by atoms with E-state index in [1.54, 1.807) is 13.8 Å². The molecule has 0 radical (unpaired) electrons. The number of hydrogen-bond donors (Lipinski definition) is 2. The molecule has 9 heteroatoms. The molecule has 1 amide bonds. The molecule has 0 aliphatic heterocycles. The van der Waals surface area contributed by atoms with Gasteiger partial charge in [0.25, 0.3) is 5.91 Å².